The quantitative estimate of drug-likeness (QED) is 0.300. The molecule has 0 aromatic heterocycles. The second-order valence-electron chi connectivity index (χ2n) is 4.90. The molecule has 8 heteroatoms. The molecule has 5 nitrogen and oxygen atoms in total. The van der Waals surface area contributed by atoms with Gasteiger partial charge in [-0.25, -0.2) is 5.84 Å². The van der Waals surface area contributed by atoms with Crippen molar-refractivity contribution < 1.29 is 14.3 Å². The van der Waals surface area contributed by atoms with E-state index in [-0.39, 0.29) is 0 Å². The number of nitrogens with two attached hydrogens (primary N) is 1. The lowest BCUT2D eigenvalue weighted by Crippen LogP contribution is -2.27. The Balaban J connectivity index is 2.20. The highest BCUT2D eigenvalue weighted by molar-refractivity contribution is 9.10. The summed E-state index contributed by atoms with van der Waals surface area (Å²) < 4.78 is 11.9. The van der Waals surface area contributed by atoms with Crippen molar-refractivity contribution in [1.29, 1.82) is 0 Å². The minimum Gasteiger partial charge on any atom is -0.493 e. The number of ether oxygens (including phenoxy) is 2. The number of halogens is 3. The summed E-state index contributed by atoms with van der Waals surface area (Å²) in [6, 6.07) is 8.79. The van der Waals surface area contributed by atoms with Gasteiger partial charge in [0.2, 0.25) is 0 Å². The summed E-state index contributed by atoms with van der Waals surface area (Å²) in [4.78, 5) is 11.2. The number of rotatable bonds is 6. The van der Waals surface area contributed by atoms with Gasteiger partial charge in [-0.05, 0) is 41.5 Å². The summed E-state index contributed by atoms with van der Waals surface area (Å²) in [7, 11) is 1.54. The molecule has 0 fully saturated rings. The average Bonchev–Trinajstić information content (AvgIpc) is 2.61. The van der Waals surface area contributed by atoms with Crippen LogP contribution in [0.3, 0.4) is 0 Å². The zero-order valence-electron chi connectivity index (χ0n) is 13.2. The smallest absolute Gasteiger partial charge is 0.257 e. The van der Waals surface area contributed by atoms with Crippen LogP contribution in [0, 0.1) is 0 Å². The second-order valence-corrected chi connectivity index (χ2v) is 6.57. The Morgan fingerprint density at radius 1 is 1.24 bits per heavy atom. The van der Waals surface area contributed by atoms with Crippen LogP contribution in [0.15, 0.2) is 40.9 Å². The molecular weight excluding hydrogens is 431 g/mol. The molecule has 0 aliphatic heterocycles. The molecule has 25 heavy (non-hydrogen) atoms. The van der Waals surface area contributed by atoms with Gasteiger partial charge in [0.15, 0.2) is 11.5 Å². The molecule has 0 heterocycles. The van der Waals surface area contributed by atoms with Crippen molar-refractivity contribution in [1.82, 2.24) is 5.43 Å². The molecule has 0 saturated carbocycles. The minimum atomic E-state index is -0.411. The zero-order valence-corrected chi connectivity index (χ0v) is 16.3. The SMILES string of the molecule is COc1cc(/C=C/C(=O)NN)c(Br)cc1OCc1ccc(Cl)c(Cl)c1. The Bertz CT molecular complexity index is 813. The number of carbonyl (C=O) groups is 1. The molecule has 0 saturated heterocycles. The van der Waals surface area contributed by atoms with Crippen molar-refractivity contribution >= 4 is 51.1 Å². The predicted octanol–water partition coefficient (Wildman–Crippen LogP) is 4.35. The first-order valence-corrected chi connectivity index (χ1v) is 8.62. The van der Waals surface area contributed by atoms with Crippen LogP contribution in [-0.4, -0.2) is 13.0 Å². The summed E-state index contributed by atoms with van der Waals surface area (Å²) in [5, 5.41) is 0.956. The third-order valence-electron chi connectivity index (χ3n) is 3.22. The van der Waals surface area contributed by atoms with E-state index in [2.05, 4.69) is 15.9 Å². The van der Waals surface area contributed by atoms with Gasteiger partial charge in [-0.1, -0.05) is 45.2 Å². The fourth-order valence-corrected chi connectivity index (χ4v) is 2.73. The number of amides is 1. The Morgan fingerprint density at radius 2 is 2.00 bits per heavy atom. The predicted molar refractivity (Wildman–Crippen MR) is 103 cm³/mol. The standard InChI is InChI=1S/C17H15BrCl2N2O3/c1-24-15-7-11(3-5-17(23)22-21)12(18)8-16(15)25-9-10-2-4-13(19)14(20)6-10/h2-8H,9,21H2,1H3,(H,22,23)/b5-3+. The van der Waals surface area contributed by atoms with E-state index in [9.17, 15) is 4.79 Å². The lowest BCUT2D eigenvalue weighted by Gasteiger charge is -2.13. The van der Waals surface area contributed by atoms with Gasteiger partial charge >= 0.3 is 0 Å². The maximum absolute atomic E-state index is 11.2. The van der Waals surface area contributed by atoms with Crippen LogP contribution in [0.25, 0.3) is 6.08 Å². The third kappa shape index (κ3) is 5.37. The van der Waals surface area contributed by atoms with Crippen LogP contribution in [0.5, 0.6) is 11.5 Å². The fraction of sp³-hybridized carbons (Fsp3) is 0.118. The van der Waals surface area contributed by atoms with E-state index in [0.717, 1.165) is 15.6 Å². The topological polar surface area (TPSA) is 73.6 Å². The van der Waals surface area contributed by atoms with E-state index < -0.39 is 5.91 Å². The Morgan fingerprint density at radius 3 is 2.64 bits per heavy atom. The molecule has 0 aliphatic rings. The van der Waals surface area contributed by atoms with E-state index in [0.29, 0.717) is 28.2 Å². The number of benzene rings is 2. The van der Waals surface area contributed by atoms with Crippen LogP contribution in [0.1, 0.15) is 11.1 Å². The molecule has 132 valence electrons. The first-order valence-electron chi connectivity index (χ1n) is 7.07. The number of carbonyl (C=O) groups excluding carboxylic acids is 1. The summed E-state index contributed by atoms with van der Waals surface area (Å²) in [6.45, 7) is 0.296. The summed E-state index contributed by atoms with van der Waals surface area (Å²) in [6.07, 6.45) is 2.92. The molecule has 0 radical (unpaired) electrons. The lowest BCUT2D eigenvalue weighted by atomic mass is 10.2. The van der Waals surface area contributed by atoms with Gasteiger partial charge in [-0.2, -0.15) is 0 Å². The molecule has 2 aromatic carbocycles. The molecule has 2 aromatic rings. The van der Waals surface area contributed by atoms with E-state index in [4.69, 9.17) is 38.5 Å². The average molecular weight is 446 g/mol. The van der Waals surface area contributed by atoms with Gasteiger partial charge in [0.1, 0.15) is 6.61 Å². The first-order chi connectivity index (χ1) is 11.9. The third-order valence-corrected chi connectivity index (χ3v) is 4.64. The number of hydrogen-bond donors (Lipinski definition) is 2. The van der Waals surface area contributed by atoms with Crippen LogP contribution >= 0.6 is 39.1 Å². The number of nitrogens with one attached hydrogen (secondary N) is 1. The van der Waals surface area contributed by atoms with Crippen molar-refractivity contribution in [2.24, 2.45) is 5.84 Å². The van der Waals surface area contributed by atoms with Gasteiger partial charge in [-0.3, -0.25) is 10.2 Å². The normalized spacial score (nSPS) is 10.8. The van der Waals surface area contributed by atoms with Crippen LogP contribution in [0.4, 0.5) is 0 Å². The van der Waals surface area contributed by atoms with Gasteiger partial charge in [0.05, 0.1) is 17.2 Å². The molecule has 1 amide bonds. The van der Waals surface area contributed by atoms with Crippen molar-refractivity contribution in [3.05, 3.63) is 62.1 Å². The highest BCUT2D eigenvalue weighted by Gasteiger charge is 2.10. The first kappa shape index (κ1) is 19.6. The van der Waals surface area contributed by atoms with Gasteiger partial charge in [-0.15, -0.1) is 0 Å². The summed E-state index contributed by atoms with van der Waals surface area (Å²) in [5.41, 5.74) is 3.63. The van der Waals surface area contributed by atoms with E-state index in [1.54, 1.807) is 30.3 Å². The largest absolute Gasteiger partial charge is 0.493 e. The monoisotopic (exact) mass is 444 g/mol. The van der Waals surface area contributed by atoms with Crippen LogP contribution in [-0.2, 0) is 11.4 Å². The van der Waals surface area contributed by atoms with Gasteiger partial charge < -0.3 is 9.47 Å². The second kappa shape index (κ2) is 9.10. The number of methoxy groups -OCH3 is 1. The van der Waals surface area contributed by atoms with E-state index >= 15 is 0 Å². The number of hydrazine groups is 1. The Labute approximate surface area is 163 Å². The maximum atomic E-state index is 11.2. The van der Waals surface area contributed by atoms with Gasteiger partial charge in [0.25, 0.3) is 5.91 Å². The molecule has 0 bridgehead atoms. The van der Waals surface area contributed by atoms with E-state index in [1.165, 1.54) is 13.2 Å². The summed E-state index contributed by atoms with van der Waals surface area (Å²) >= 11 is 15.3. The Kier molecular flexibility index (Phi) is 7.13. The molecule has 2 rings (SSSR count). The van der Waals surface area contributed by atoms with Crippen LogP contribution < -0.4 is 20.7 Å². The minimum absolute atomic E-state index is 0.296. The van der Waals surface area contributed by atoms with Crippen LogP contribution in [0.2, 0.25) is 10.0 Å². The molecule has 0 atom stereocenters. The lowest BCUT2D eigenvalue weighted by molar-refractivity contribution is -0.116. The molecule has 0 spiro atoms. The summed E-state index contributed by atoms with van der Waals surface area (Å²) in [5.74, 6) is 5.70. The van der Waals surface area contributed by atoms with Crippen molar-refractivity contribution in [2.45, 2.75) is 6.61 Å². The molecular formula is C17H15BrCl2N2O3. The highest BCUT2D eigenvalue weighted by atomic mass is 79.9. The molecule has 0 aliphatic carbocycles. The highest BCUT2D eigenvalue weighted by Crippen LogP contribution is 2.35. The molecule has 3 N–H and O–H groups in total. The maximum Gasteiger partial charge on any atom is 0.257 e. The van der Waals surface area contributed by atoms with Crippen molar-refractivity contribution in [3.8, 4) is 11.5 Å². The molecule has 0 unspecified atom stereocenters. The van der Waals surface area contributed by atoms with E-state index in [1.807, 2.05) is 11.5 Å². The van der Waals surface area contributed by atoms with Crippen molar-refractivity contribution in [2.75, 3.05) is 7.11 Å². The fourth-order valence-electron chi connectivity index (χ4n) is 1.95. The van der Waals surface area contributed by atoms with Gasteiger partial charge in [0, 0.05) is 10.5 Å². The number of hydrogen-bond acceptors (Lipinski definition) is 4. The zero-order chi connectivity index (χ0) is 18.4. The van der Waals surface area contributed by atoms with Crippen molar-refractivity contribution in [3.63, 3.8) is 0 Å². The Hall–Kier alpha value is -1.73.